The van der Waals surface area contributed by atoms with Crippen molar-refractivity contribution in [2.75, 3.05) is 11.5 Å². The average Bonchev–Trinajstić information content (AvgIpc) is 3.46. The van der Waals surface area contributed by atoms with E-state index in [-0.39, 0.29) is 23.8 Å². The number of nitrogens with one attached hydrogen (secondary N) is 1. The number of benzene rings is 2. The van der Waals surface area contributed by atoms with Crippen LogP contribution in [-0.4, -0.2) is 36.0 Å². The third kappa shape index (κ3) is 7.51. The normalized spacial score (nSPS) is 14.3. The number of hydrogen-bond donors (Lipinski definition) is 1. The number of hydrogen-bond acceptors (Lipinski definition) is 7. The summed E-state index contributed by atoms with van der Waals surface area (Å²) in [6.45, 7) is 15.0. The minimum Gasteiger partial charge on any atom is -0.466 e. The van der Waals surface area contributed by atoms with Crippen molar-refractivity contribution >= 4 is 29.4 Å². The highest BCUT2D eigenvalue weighted by Crippen LogP contribution is 2.34. The van der Waals surface area contributed by atoms with E-state index in [1.54, 1.807) is 33.8 Å². The standard InChI is InChI=1S/C20H25NO6.C8H9N.C2H6/c1-6-8-13(18(24)26-7-2)12-9-10-15-14(11-12)16(22)17(23)21(15)19(25)27-20(3,4)5;1-2-4-8-6-9-5-7(8)3-1;1-2/h9-11,13H,6-8H2,1-5H3;1-4,9H,5-6H2;1-2H3. The van der Waals surface area contributed by atoms with Crippen molar-refractivity contribution < 1.29 is 28.7 Å². The SMILES string of the molecule is CC.CCCC(C(=O)OCC)c1ccc2c(c1)C(=O)C(=O)N2C(=O)OC(C)(C)C.c1ccc2c(c1)CNC2. The smallest absolute Gasteiger partial charge is 0.422 e. The molecular weight excluding hydrogens is 484 g/mol. The number of rotatable bonds is 5. The maximum absolute atomic E-state index is 12.4. The van der Waals surface area contributed by atoms with Crippen molar-refractivity contribution in [3.63, 3.8) is 0 Å². The highest BCUT2D eigenvalue weighted by atomic mass is 16.6. The Morgan fingerprint density at radius 2 is 1.61 bits per heavy atom. The topological polar surface area (TPSA) is 102 Å². The third-order valence-electron chi connectivity index (χ3n) is 5.78. The predicted molar refractivity (Wildman–Crippen MR) is 147 cm³/mol. The molecule has 8 nitrogen and oxygen atoms in total. The molecule has 0 spiro atoms. The van der Waals surface area contributed by atoms with Gasteiger partial charge in [-0.25, -0.2) is 9.69 Å². The van der Waals surface area contributed by atoms with E-state index in [4.69, 9.17) is 9.47 Å². The van der Waals surface area contributed by atoms with Crippen molar-refractivity contribution in [3.8, 4) is 0 Å². The summed E-state index contributed by atoms with van der Waals surface area (Å²) in [5.41, 5.74) is 2.95. The molecule has 2 heterocycles. The molecule has 1 atom stereocenters. The first-order valence-corrected chi connectivity index (χ1v) is 13.3. The second-order valence-corrected chi connectivity index (χ2v) is 9.69. The fourth-order valence-corrected chi connectivity index (χ4v) is 4.15. The molecule has 2 amide bonds. The number of amides is 2. The van der Waals surface area contributed by atoms with Crippen LogP contribution in [0.5, 0.6) is 0 Å². The lowest BCUT2D eigenvalue weighted by Crippen LogP contribution is -2.40. The van der Waals surface area contributed by atoms with Gasteiger partial charge in [0.2, 0.25) is 0 Å². The number of fused-ring (bicyclic) bond motifs is 2. The van der Waals surface area contributed by atoms with Crippen LogP contribution in [-0.2, 0) is 32.2 Å². The van der Waals surface area contributed by atoms with Crippen LogP contribution < -0.4 is 10.2 Å². The summed E-state index contributed by atoms with van der Waals surface area (Å²) in [7, 11) is 0. The Morgan fingerprint density at radius 1 is 1.00 bits per heavy atom. The molecule has 2 aromatic carbocycles. The molecule has 0 saturated heterocycles. The first-order valence-electron chi connectivity index (χ1n) is 13.3. The number of ketones is 1. The number of carbonyl (C=O) groups is 4. The van der Waals surface area contributed by atoms with Gasteiger partial charge in [0.25, 0.3) is 5.78 Å². The molecular formula is C30H40N2O6. The average molecular weight is 525 g/mol. The molecule has 38 heavy (non-hydrogen) atoms. The van der Waals surface area contributed by atoms with Gasteiger partial charge in [-0.3, -0.25) is 14.4 Å². The summed E-state index contributed by atoms with van der Waals surface area (Å²) >= 11 is 0. The Bertz CT molecular complexity index is 1130. The van der Waals surface area contributed by atoms with E-state index in [9.17, 15) is 19.2 Å². The van der Waals surface area contributed by atoms with Gasteiger partial charge in [0.1, 0.15) is 5.60 Å². The molecule has 8 heteroatoms. The Morgan fingerprint density at radius 3 is 2.13 bits per heavy atom. The monoisotopic (exact) mass is 524 g/mol. The summed E-state index contributed by atoms with van der Waals surface area (Å²) in [6, 6.07) is 13.2. The second kappa shape index (κ2) is 13.9. The quantitative estimate of drug-likeness (QED) is 0.383. The number of anilines is 1. The van der Waals surface area contributed by atoms with Crippen LogP contribution in [0.4, 0.5) is 10.5 Å². The molecule has 0 radical (unpaired) electrons. The van der Waals surface area contributed by atoms with Crippen LogP contribution in [0.1, 0.15) is 94.3 Å². The highest BCUT2D eigenvalue weighted by Gasteiger charge is 2.42. The molecule has 0 aromatic heterocycles. The van der Waals surface area contributed by atoms with Gasteiger partial charge < -0.3 is 14.8 Å². The first-order chi connectivity index (χ1) is 18.1. The van der Waals surface area contributed by atoms with Crippen LogP contribution in [0, 0.1) is 0 Å². The van der Waals surface area contributed by atoms with E-state index in [2.05, 4.69) is 29.6 Å². The fourth-order valence-electron chi connectivity index (χ4n) is 4.15. The molecule has 0 saturated carbocycles. The zero-order chi connectivity index (χ0) is 28.5. The predicted octanol–water partition coefficient (Wildman–Crippen LogP) is 5.91. The Kier molecular flexibility index (Phi) is 11.2. The van der Waals surface area contributed by atoms with E-state index in [0.29, 0.717) is 12.0 Å². The van der Waals surface area contributed by atoms with Gasteiger partial charge in [-0.05, 0) is 62.9 Å². The molecule has 0 bridgehead atoms. The Hall–Kier alpha value is -3.52. The second-order valence-electron chi connectivity index (χ2n) is 9.69. The van der Waals surface area contributed by atoms with E-state index in [1.165, 1.54) is 23.3 Å². The third-order valence-corrected chi connectivity index (χ3v) is 5.78. The van der Waals surface area contributed by atoms with Crippen LogP contribution in [0.25, 0.3) is 0 Å². The summed E-state index contributed by atoms with van der Waals surface area (Å²) in [5, 5.41) is 3.29. The van der Waals surface area contributed by atoms with E-state index in [1.807, 2.05) is 20.8 Å². The molecule has 4 rings (SSSR count). The van der Waals surface area contributed by atoms with E-state index >= 15 is 0 Å². The largest absolute Gasteiger partial charge is 0.466 e. The zero-order valence-corrected chi connectivity index (χ0v) is 23.6. The number of carbonyl (C=O) groups excluding carboxylic acids is 4. The van der Waals surface area contributed by atoms with E-state index < -0.39 is 29.3 Å². The van der Waals surface area contributed by atoms with Gasteiger partial charge in [-0.15, -0.1) is 0 Å². The molecule has 206 valence electrons. The van der Waals surface area contributed by atoms with Crippen molar-refractivity contribution in [3.05, 3.63) is 64.7 Å². The molecule has 2 aliphatic heterocycles. The number of Topliss-reactive ketones (excluding diaryl/α,β-unsaturated/α-hetero) is 1. The molecule has 2 aromatic rings. The van der Waals surface area contributed by atoms with Crippen LogP contribution in [0.15, 0.2) is 42.5 Å². The number of ether oxygens (including phenoxy) is 2. The molecule has 1 unspecified atom stereocenters. The molecule has 1 N–H and O–H groups in total. The van der Waals surface area contributed by atoms with Gasteiger partial charge in [0.15, 0.2) is 0 Å². The molecule has 2 aliphatic rings. The molecule has 0 fully saturated rings. The Labute approximate surface area is 225 Å². The van der Waals surface area contributed by atoms with Crippen molar-refractivity contribution in [1.82, 2.24) is 5.32 Å². The number of esters is 1. The summed E-state index contributed by atoms with van der Waals surface area (Å²) in [4.78, 5) is 50.0. The summed E-state index contributed by atoms with van der Waals surface area (Å²) in [5.74, 6) is -2.66. The van der Waals surface area contributed by atoms with Gasteiger partial charge in [-0.2, -0.15) is 0 Å². The zero-order valence-electron chi connectivity index (χ0n) is 23.6. The minimum absolute atomic E-state index is 0.0914. The lowest BCUT2D eigenvalue weighted by atomic mass is 9.92. The maximum Gasteiger partial charge on any atom is 0.422 e. The first kappa shape index (κ1) is 30.7. The van der Waals surface area contributed by atoms with Gasteiger partial charge in [0, 0.05) is 13.1 Å². The highest BCUT2D eigenvalue weighted by molar-refractivity contribution is 6.56. The van der Waals surface area contributed by atoms with E-state index in [0.717, 1.165) is 24.4 Å². The van der Waals surface area contributed by atoms with Gasteiger partial charge in [-0.1, -0.05) is 57.5 Å². The van der Waals surface area contributed by atoms with Crippen molar-refractivity contribution in [1.29, 1.82) is 0 Å². The Balaban J connectivity index is 0.000000379. The van der Waals surface area contributed by atoms with Gasteiger partial charge in [0.05, 0.1) is 23.8 Å². The molecule has 0 aliphatic carbocycles. The lowest BCUT2D eigenvalue weighted by molar-refractivity contribution is -0.145. The number of imide groups is 1. The maximum atomic E-state index is 12.4. The van der Waals surface area contributed by atoms with Crippen LogP contribution in [0.3, 0.4) is 0 Å². The fraction of sp³-hybridized carbons (Fsp3) is 0.467. The summed E-state index contributed by atoms with van der Waals surface area (Å²) in [6.07, 6.45) is 0.398. The lowest BCUT2D eigenvalue weighted by Gasteiger charge is -2.23. The van der Waals surface area contributed by atoms with Crippen molar-refractivity contribution in [2.24, 2.45) is 0 Å². The number of nitrogens with zero attached hydrogens (tertiary/aromatic N) is 1. The summed E-state index contributed by atoms with van der Waals surface area (Å²) < 4.78 is 10.3. The minimum atomic E-state index is -0.959. The van der Waals surface area contributed by atoms with Crippen molar-refractivity contribution in [2.45, 2.75) is 85.9 Å². The van der Waals surface area contributed by atoms with Crippen LogP contribution >= 0.6 is 0 Å². The van der Waals surface area contributed by atoms with Gasteiger partial charge >= 0.3 is 18.0 Å². The van der Waals surface area contributed by atoms with Crippen LogP contribution in [0.2, 0.25) is 0 Å².